The van der Waals surface area contributed by atoms with Gasteiger partial charge in [-0.2, -0.15) is 0 Å². The molecule has 1 amide bonds. The summed E-state index contributed by atoms with van der Waals surface area (Å²) in [7, 11) is 0. The van der Waals surface area contributed by atoms with Crippen molar-refractivity contribution in [3.05, 3.63) is 24.4 Å². The first-order valence-corrected chi connectivity index (χ1v) is 2.78. The average Bonchev–Trinajstić information content (AvgIpc) is 1.87. The number of hydrogen-bond acceptors (Lipinski definition) is 3. The highest BCUT2D eigenvalue weighted by molar-refractivity contribution is 5.61. The first kappa shape index (κ1) is 9.22. The lowest BCUT2D eigenvalue weighted by Gasteiger charge is -1.82. The Kier molecular flexibility index (Phi) is 4.22. The fourth-order valence-electron chi connectivity index (χ4n) is 0.376. The van der Waals surface area contributed by atoms with Gasteiger partial charge in [-0.1, -0.05) is 6.07 Å². The minimum atomic E-state index is -1.33. The Bertz CT molecular complexity index is 208. The molecule has 0 atom stereocenters. The van der Waals surface area contributed by atoms with E-state index in [1.807, 2.05) is 12.1 Å². The van der Waals surface area contributed by atoms with Crippen molar-refractivity contribution >= 4 is 11.9 Å². The Labute approximate surface area is 63.7 Å². The van der Waals surface area contributed by atoms with E-state index in [0.29, 0.717) is 5.82 Å². The Hall–Kier alpha value is -1.78. The van der Waals surface area contributed by atoms with Gasteiger partial charge in [-0.25, -0.2) is 9.78 Å². The summed E-state index contributed by atoms with van der Waals surface area (Å²) < 4.78 is 0. The minimum absolute atomic E-state index is 0.572. The van der Waals surface area contributed by atoms with Crippen molar-refractivity contribution in [2.75, 3.05) is 5.73 Å². The topological polar surface area (TPSA) is 102 Å². The van der Waals surface area contributed by atoms with E-state index in [9.17, 15) is 0 Å². The van der Waals surface area contributed by atoms with Crippen molar-refractivity contribution in [1.29, 1.82) is 0 Å². The van der Waals surface area contributed by atoms with E-state index < -0.39 is 6.09 Å². The zero-order valence-corrected chi connectivity index (χ0v) is 5.77. The third-order valence-electron chi connectivity index (χ3n) is 0.688. The summed E-state index contributed by atoms with van der Waals surface area (Å²) in [6.07, 6.45) is 0.329. The van der Waals surface area contributed by atoms with E-state index in [4.69, 9.17) is 15.6 Å². The quantitative estimate of drug-likeness (QED) is 0.500. The second-order valence-electron chi connectivity index (χ2n) is 1.59. The van der Waals surface area contributed by atoms with E-state index in [1.165, 1.54) is 0 Å². The molecule has 1 rings (SSSR count). The van der Waals surface area contributed by atoms with Gasteiger partial charge in [0.05, 0.1) is 0 Å². The molecule has 1 aromatic heterocycles. The third-order valence-corrected chi connectivity index (χ3v) is 0.688. The van der Waals surface area contributed by atoms with Crippen LogP contribution in [0.3, 0.4) is 0 Å². The highest BCUT2D eigenvalue weighted by Gasteiger charge is 1.73. The van der Waals surface area contributed by atoms with Crippen molar-refractivity contribution < 1.29 is 9.90 Å². The molecule has 1 heterocycles. The number of nitrogens with zero attached hydrogens (tertiary/aromatic N) is 1. The lowest BCUT2D eigenvalue weighted by atomic mass is 10.5. The molecule has 11 heavy (non-hydrogen) atoms. The molecule has 5 N–H and O–H groups in total. The van der Waals surface area contributed by atoms with Crippen LogP contribution in [0.2, 0.25) is 0 Å². The van der Waals surface area contributed by atoms with Gasteiger partial charge < -0.3 is 16.6 Å². The molecule has 5 heteroatoms. The van der Waals surface area contributed by atoms with Gasteiger partial charge in [0.2, 0.25) is 0 Å². The van der Waals surface area contributed by atoms with Gasteiger partial charge in [0.1, 0.15) is 5.82 Å². The Morgan fingerprint density at radius 3 is 2.27 bits per heavy atom. The monoisotopic (exact) mass is 155 g/mol. The molecule has 0 unspecified atom stereocenters. The summed E-state index contributed by atoms with van der Waals surface area (Å²) >= 11 is 0. The zero-order chi connectivity index (χ0) is 8.69. The zero-order valence-electron chi connectivity index (χ0n) is 5.77. The number of nitrogen functional groups attached to an aromatic ring is 1. The number of pyridine rings is 1. The summed E-state index contributed by atoms with van der Waals surface area (Å²) in [5.41, 5.74) is 9.27. The van der Waals surface area contributed by atoms with E-state index >= 15 is 0 Å². The largest absolute Gasteiger partial charge is 0.465 e. The van der Waals surface area contributed by atoms with Crippen LogP contribution in [0, 0.1) is 0 Å². The van der Waals surface area contributed by atoms with Crippen molar-refractivity contribution in [3.63, 3.8) is 0 Å². The molecular formula is C6H9N3O2. The molecule has 0 aliphatic carbocycles. The molecule has 0 aliphatic heterocycles. The molecular weight excluding hydrogens is 146 g/mol. The number of hydrogen-bond donors (Lipinski definition) is 3. The van der Waals surface area contributed by atoms with Crippen LogP contribution in [-0.2, 0) is 0 Å². The Balaban J connectivity index is 0.000000218. The maximum atomic E-state index is 8.78. The van der Waals surface area contributed by atoms with E-state index in [0.717, 1.165) is 0 Å². The SMILES string of the molecule is NC(=O)O.Nc1ccccn1. The van der Waals surface area contributed by atoms with Gasteiger partial charge >= 0.3 is 6.09 Å². The van der Waals surface area contributed by atoms with Crippen LogP contribution in [0.4, 0.5) is 10.6 Å². The average molecular weight is 155 g/mol. The fourth-order valence-corrected chi connectivity index (χ4v) is 0.376. The van der Waals surface area contributed by atoms with Gasteiger partial charge in [0.15, 0.2) is 0 Å². The predicted octanol–water partition coefficient (Wildman–Crippen LogP) is 0.287. The molecule has 0 aromatic carbocycles. The van der Waals surface area contributed by atoms with Gasteiger partial charge in [0.25, 0.3) is 0 Å². The highest BCUT2D eigenvalue weighted by atomic mass is 16.4. The van der Waals surface area contributed by atoms with Crippen LogP contribution >= 0.6 is 0 Å². The van der Waals surface area contributed by atoms with Gasteiger partial charge in [-0.15, -0.1) is 0 Å². The minimum Gasteiger partial charge on any atom is -0.465 e. The summed E-state index contributed by atoms with van der Waals surface area (Å²) in [6.45, 7) is 0. The van der Waals surface area contributed by atoms with E-state index in [1.54, 1.807) is 12.3 Å². The third kappa shape index (κ3) is 8.22. The van der Waals surface area contributed by atoms with E-state index in [2.05, 4.69) is 10.7 Å². The Morgan fingerprint density at radius 1 is 1.55 bits per heavy atom. The van der Waals surface area contributed by atoms with Crippen molar-refractivity contribution in [2.24, 2.45) is 5.73 Å². The van der Waals surface area contributed by atoms with Crippen molar-refractivity contribution in [2.45, 2.75) is 0 Å². The number of rotatable bonds is 0. The molecule has 1 aromatic rings. The van der Waals surface area contributed by atoms with Crippen LogP contribution in [-0.4, -0.2) is 16.2 Å². The van der Waals surface area contributed by atoms with Crippen molar-refractivity contribution in [3.8, 4) is 0 Å². The number of nitrogens with two attached hydrogens (primary N) is 2. The fraction of sp³-hybridized carbons (Fsp3) is 0. The molecule has 0 radical (unpaired) electrons. The van der Waals surface area contributed by atoms with Crippen LogP contribution < -0.4 is 11.5 Å². The molecule has 0 spiro atoms. The summed E-state index contributed by atoms with van der Waals surface area (Å²) in [5.74, 6) is 0.572. The molecule has 0 fully saturated rings. The van der Waals surface area contributed by atoms with Crippen LogP contribution in [0.25, 0.3) is 0 Å². The predicted molar refractivity (Wildman–Crippen MR) is 40.9 cm³/mol. The number of amides is 1. The summed E-state index contributed by atoms with van der Waals surface area (Å²) in [6, 6.07) is 5.43. The number of carboxylic acid groups (broad SMARTS) is 1. The smallest absolute Gasteiger partial charge is 0.402 e. The van der Waals surface area contributed by atoms with Crippen LogP contribution in [0.5, 0.6) is 0 Å². The summed E-state index contributed by atoms with van der Waals surface area (Å²) in [4.78, 5) is 12.5. The molecule has 0 aliphatic rings. The molecule has 0 saturated carbocycles. The summed E-state index contributed by atoms with van der Waals surface area (Å²) in [5, 5.41) is 7.19. The van der Waals surface area contributed by atoms with Gasteiger partial charge in [0, 0.05) is 6.20 Å². The lowest BCUT2D eigenvalue weighted by molar-refractivity contribution is 0.205. The normalized spacial score (nSPS) is 7.64. The first-order valence-electron chi connectivity index (χ1n) is 2.78. The first-order chi connectivity index (χ1) is 5.13. The Morgan fingerprint density at radius 2 is 2.09 bits per heavy atom. The van der Waals surface area contributed by atoms with Crippen LogP contribution in [0.15, 0.2) is 24.4 Å². The lowest BCUT2D eigenvalue weighted by Crippen LogP contribution is -2.03. The van der Waals surface area contributed by atoms with Crippen LogP contribution in [0.1, 0.15) is 0 Å². The second kappa shape index (κ2) is 5.04. The van der Waals surface area contributed by atoms with Crippen molar-refractivity contribution in [1.82, 2.24) is 4.98 Å². The molecule has 60 valence electrons. The van der Waals surface area contributed by atoms with Gasteiger partial charge in [-0.3, -0.25) is 0 Å². The van der Waals surface area contributed by atoms with Gasteiger partial charge in [-0.05, 0) is 12.1 Å². The maximum absolute atomic E-state index is 8.78. The number of aromatic nitrogens is 1. The standard InChI is InChI=1S/C5H6N2.CH3NO2/c6-5-3-1-2-4-7-5;2-1(3)4/h1-4H,(H2,6,7);2H2,(H,3,4). The number of carbonyl (C=O) groups is 1. The molecule has 0 saturated heterocycles. The number of primary amides is 1. The second-order valence-corrected chi connectivity index (χ2v) is 1.59. The van der Waals surface area contributed by atoms with E-state index in [-0.39, 0.29) is 0 Å². The molecule has 5 nitrogen and oxygen atoms in total. The maximum Gasteiger partial charge on any atom is 0.402 e. The highest BCUT2D eigenvalue weighted by Crippen LogP contribution is 1.89. The molecule has 0 bridgehead atoms. The number of anilines is 1.